The molecule has 0 N–H and O–H groups in total. The molecule has 0 aromatic carbocycles. The van der Waals surface area contributed by atoms with Crippen LogP contribution in [-0.2, 0) is 11.3 Å². The van der Waals surface area contributed by atoms with Gasteiger partial charge in [-0.1, -0.05) is 17.3 Å². The summed E-state index contributed by atoms with van der Waals surface area (Å²) in [5, 5.41) is 3.89. The molecule has 1 amide bonds. The van der Waals surface area contributed by atoms with Crippen molar-refractivity contribution in [1.82, 2.24) is 15.0 Å². The number of halogens is 1. The third kappa shape index (κ3) is 4.04. The SMILES string of the molecule is Cc1cc(CN2C[C@@H](F)C[C@H]2CN(C)C(=O)C2CC=CCC2)on1. The van der Waals surface area contributed by atoms with Crippen molar-refractivity contribution in [3.8, 4) is 0 Å². The van der Waals surface area contributed by atoms with Crippen LogP contribution in [0.5, 0.6) is 0 Å². The lowest BCUT2D eigenvalue weighted by atomic mass is 9.93. The van der Waals surface area contributed by atoms with E-state index in [4.69, 9.17) is 4.52 Å². The maximum absolute atomic E-state index is 13.9. The zero-order chi connectivity index (χ0) is 17.1. The number of aromatic nitrogens is 1. The molecule has 1 aliphatic heterocycles. The Balaban J connectivity index is 1.59. The summed E-state index contributed by atoms with van der Waals surface area (Å²) in [5.74, 6) is 1.00. The summed E-state index contributed by atoms with van der Waals surface area (Å²) < 4.78 is 19.2. The standard InChI is InChI=1S/C18H26FN3O2/c1-13-8-17(24-20-13)12-22-10-15(19)9-16(22)11-21(2)18(23)14-6-4-3-5-7-14/h3-4,8,14-16H,5-7,9-12H2,1-2H3/t14?,15-,16-/m0/s1. The number of carbonyl (C=O) groups is 1. The molecule has 6 heteroatoms. The van der Waals surface area contributed by atoms with Gasteiger partial charge in [0.25, 0.3) is 0 Å². The number of rotatable bonds is 5. The van der Waals surface area contributed by atoms with E-state index >= 15 is 0 Å². The number of carbonyl (C=O) groups excluding carboxylic acids is 1. The van der Waals surface area contributed by atoms with Gasteiger partial charge in [-0.25, -0.2) is 4.39 Å². The van der Waals surface area contributed by atoms with Crippen LogP contribution in [0.3, 0.4) is 0 Å². The van der Waals surface area contributed by atoms with E-state index in [1.165, 1.54) is 0 Å². The molecule has 24 heavy (non-hydrogen) atoms. The first-order valence-corrected chi connectivity index (χ1v) is 8.73. The van der Waals surface area contributed by atoms with E-state index in [1.807, 2.05) is 20.0 Å². The number of likely N-dealkylation sites (N-methyl/N-ethyl adjacent to an activating group) is 1. The van der Waals surface area contributed by atoms with E-state index in [2.05, 4.69) is 22.2 Å². The van der Waals surface area contributed by atoms with Crippen molar-refractivity contribution in [2.75, 3.05) is 20.1 Å². The highest BCUT2D eigenvalue weighted by Gasteiger charge is 2.35. The van der Waals surface area contributed by atoms with Gasteiger partial charge in [-0.2, -0.15) is 0 Å². The molecular weight excluding hydrogens is 309 g/mol. The zero-order valence-corrected chi connectivity index (χ0v) is 14.4. The average Bonchev–Trinajstić information content (AvgIpc) is 3.13. The van der Waals surface area contributed by atoms with Crippen LogP contribution in [-0.4, -0.2) is 53.2 Å². The van der Waals surface area contributed by atoms with Crippen LogP contribution >= 0.6 is 0 Å². The Kier molecular flexibility index (Phi) is 5.33. The molecule has 3 atom stereocenters. The average molecular weight is 335 g/mol. The van der Waals surface area contributed by atoms with E-state index < -0.39 is 6.17 Å². The van der Waals surface area contributed by atoms with Crippen molar-refractivity contribution in [3.63, 3.8) is 0 Å². The molecule has 0 radical (unpaired) electrons. The molecule has 3 rings (SSSR count). The highest BCUT2D eigenvalue weighted by Crippen LogP contribution is 2.25. The third-order valence-corrected chi connectivity index (χ3v) is 4.99. The lowest BCUT2D eigenvalue weighted by Crippen LogP contribution is -2.43. The third-order valence-electron chi connectivity index (χ3n) is 4.99. The van der Waals surface area contributed by atoms with Crippen molar-refractivity contribution < 1.29 is 13.7 Å². The van der Waals surface area contributed by atoms with E-state index in [-0.39, 0.29) is 17.9 Å². The Morgan fingerprint density at radius 2 is 2.33 bits per heavy atom. The van der Waals surface area contributed by atoms with E-state index in [0.717, 1.165) is 30.7 Å². The highest BCUT2D eigenvalue weighted by molar-refractivity contribution is 5.79. The fraction of sp³-hybridized carbons (Fsp3) is 0.667. The molecule has 2 heterocycles. The smallest absolute Gasteiger partial charge is 0.225 e. The van der Waals surface area contributed by atoms with Crippen molar-refractivity contribution in [2.45, 2.75) is 51.4 Å². The fourth-order valence-corrected chi connectivity index (χ4v) is 3.73. The van der Waals surface area contributed by atoms with Crippen LogP contribution in [0.25, 0.3) is 0 Å². The minimum Gasteiger partial charge on any atom is -0.360 e. The summed E-state index contributed by atoms with van der Waals surface area (Å²) in [6.45, 7) is 3.36. The first-order chi connectivity index (χ1) is 11.5. The molecule has 0 spiro atoms. The van der Waals surface area contributed by atoms with Gasteiger partial charge in [0.15, 0.2) is 5.76 Å². The van der Waals surface area contributed by atoms with Crippen LogP contribution in [0, 0.1) is 12.8 Å². The molecule has 1 fully saturated rings. The van der Waals surface area contributed by atoms with Gasteiger partial charge < -0.3 is 9.42 Å². The summed E-state index contributed by atoms with van der Waals surface area (Å²) in [6.07, 6.45) is 6.55. The molecule has 1 unspecified atom stereocenters. The fourth-order valence-electron chi connectivity index (χ4n) is 3.73. The maximum Gasteiger partial charge on any atom is 0.225 e. The Morgan fingerprint density at radius 1 is 1.50 bits per heavy atom. The second kappa shape index (κ2) is 7.47. The minimum absolute atomic E-state index is 0.0264. The highest BCUT2D eigenvalue weighted by atomic mass is 19.1. The normalized spacial score (nSPS) is 27.5. The molecule has 1 aliphatic carbocycles. The predicted molar refractivity (Wildman–Crippen MR) is 89.1 cm³/mol. The van der Waals surface area contributed by atoms with Gasteiger partial charge in [0.2, 0.25) is 5.91 Å². The van der Waals surface area contributed by atoms with Crippen LogP contribution in [0.4, 0.5) is 4.39 Å². The molecule has 0 saturated carbocycles. The van der Waals surface area contributed by atoms with Gasteiger partial charge in [0, 0.05) is 38.2 Å². The van der Waals surface area contributed by atoms with E-state index in [9.17, 15) is 9.18 Å². The van der Waals surface area contributed by atoms with E-state index in [1.54, 1.807) is 4.90 Å². The number of hydrogen-bond acceptors (Lipinski definition) is 4. The monoisotopic (exact) mass is 335 g/mol. The van der Waals surface area contributed by atoms with Crippen molar-refractivity contribution in [3.05, 3.63) is 29.7 Å². The number of allylic oxidation sites excluding steroid dienone is 2. The van der Waals surface area contributed by atoms with Gasteiger partial charge in [-0.3, -0.25) is 9.69 Å². The molecule has 1 aromatic heterocycles. The number of hydrogen-bond donors (Lipinski definition) is 0. The number of amides is 1. The predicted octanol–water partition coefficient (Wildman–Crippen LogP) is 2.71. The summed E-state index contributed by atoms with van der Waals surface area (Å²) >= 11 is 0. The first-order valence-electron chi connectivity index (χ1n) is 8.73. The Hall–Kier alpha value is -1.69. The van der Waals surface area contributed by atoms with Crippen LogP contribution in [0.15, 0.2) is 22.7 Å². The number of likely N-dealkylation sites (tertiary alicyclic amines) is 1. The van der Waals surface area contributed by atoms with Gasteiger partial charge in [-0.05, 0) is 32.6 Å². The van der Waals surface area contributed by atoms with E-state index in [0.29, 0.717) is 26.1 Å². The number of nitrogens with zero attached hydrogens (tertiary/aromatic N) is 3. The van der Waals surface area contributed by atoms with Crippen molar-refractivity contribution >= 4 is 5.91 Å². The Bertz CT molecular complexity index is 601. The lowest BCUT2D eigenvalue weighted by Gasteiger charge is -2.30. The Morgan fingerprint density at radius 3 is 3.00 bits per heavy atom. The molecule has 2 aliphatic rings. The number of alkyl halides is 1. The molecule has 1 aromatic rings. The molecule has 1 saturated heterocycles. The molecule has 132 valence electrons. The van der Waals surface area contributed by atoms with Gasteiger partial charge >= 0.3 is 0 Å². The second-order valence-electron chi connectivity index (χ2n) is 7.05. The number of aryl methyl sites for hydroxylation is 1. The zero-order valence-electron chi connectivity index (χ0n) is 14.4. The molecule has 0 bridgehead atoms. The van der Waals surface area contributed by atoms with Crippen LogP contribution in [0.2, 0.25) is 0 Å². The van der Waals surface area contributed by atoms with Gasteiger partial charge in [0.1, 0.15) is 6.17 Å². The second-order valence-corrected chi connectivity index (χ2v) is 7.05. The Labute approximate surface area is 142 Å². The maximum atomic E-state index is 13.9. The molecular formula is C18H26FN3O2. The quantitative estimate of drug-likeness (QED) is 0.777. The summed E-state index contributed by atoms with van der Waals surface area (Å²) in [5.41, 5.74) is 0.829. The summed E-state index contributed by atoms with van der Waals surface area (Å²) in [4.78, 5) is 16.4. The molecule has 5 nitrogen and oxygen atoms in total. The largest absolute Gasteiger partial charge is 0.360 e. The van der Waals surface area contributed by atoms with Gasteiger partial charge in [-0.15, -0.1) is 0 Å². The van der Waals surface area contributed by atoms with Gasteiger partial charge in [0.05, 0.1) is 12.2 Å². The summed E-state index contributed by atoms with van der Waals surface area (Å²) in [6, 6.07) is 1.91. The van der Waals surface area contributed by atoms with Crippen LogP contribution < -0.4 is 0 Å². The first kappa shape index (κ1) is 17.1. The van der Waals surface area contributed by atoms with Crippen molar-refractivity contribution in [2.24, 2.45) is 5.92 Å². The van der Waals surface area contributed by atoms with Crippen molar-refractivity contribution in [1.29, 1.82) is 0 Å². The van der Waals surface area contributed by atoms with Crippen LogP contribution in [0.1, 0.15) is 37.1 Å². The topological polar surface area (TPSA) is 49.6 Å². The minimum atomic E-state index is -0.847. The lowest BCUT2D eigenvalue weighted by molar-refractivity contribution is -0.135. The summed E-state index contributed by atoms with van der Waals surface area (Å²) in [7, 11) is 1.84.